The number of carbonyl (C=O) groups excluding carboxylic acids is 1. The van der Waals surface area contributed by atoms with Gasteiger partial charge in [0.15, 0.2) is 0 Å². The third-order valence-corrected chi connectivity index (χ3v) is 3.74. The molecule has 0 aromatic heterocycles. The number of halogens is 1. The molecule has 0 atom stereocenters. The summed E-state index contributed by atoms with van der Waals surface area (Å²) in [6.45, 7) is 9.12. The van der Waals surface area contributed by atoms with E-state index in [1.54, 1.807) is 0 Å². The van der Waals surface area contributed by atoms with Gasteiger partial charge >= 0.3 is 0 Å². The molecule has 0 unspecified atom stereocenters. The van der Waals surface area contributed by atoms with E-state index in [1.807, 2.05) is 25.1 Å². The first-order valence-electron chi connectivity index (χ1n) is 5.90. The van der Waals surface area contributed by atoms with Crippen LogP contribution in [0.2, 0.25) is 0 Å². The maximum Gasteiger partial charge on any atom is 0.252 e. The van der Waals surface area contributed by atoms with Crippen molar-refractivity contribution in [2.24, 2.45) is 5.41 Å². The molecule has 0 radical (unpaired) electrons. The fourth-order valence-corrected chi connectivity index (χ4v) is 1.78. The van der Waals surface area contributed by atoms with E-state index in [4.69, 9.17) is 0 Å². The Balaban J connectivity index is 2.74. The number of aryl methyl sites for hydroxylation is 1. The van der Waals surface area contributed by atoms with Crippen molar-refractivity contribution >= 4 is 21.8 Å². The van der Waals surface area contributed by atoms with E-state index < -0.39 is 0 Å². The molecule has 0 bridgehead atoms. The van der Waals surface area contributed by atoms with Gasteiger partial charge in [0.05, 0.1) is 5.56 Å². The standard InChI is InChI=1S/C14H20BrNO/c1-5-14(3,4)9-16-13(17)11-8-10(2)6-7-12(11)15/h6-8H,5,9H2,1-4H3,(H,16,17). The molecular formula is C14H20BrNO. The summed E-state index contributed by atoms with van der Waals surface area (Å²) in [5.41, 5.74) is 1.94. The average Bonchev–Trinajstić information content (AvgIpc) is 2.29. The van der Waals surface area contributed by atoms with Crippen LogP contribution in [-0.2, 0) is 0 Å². The molecule has 0 saturated carbocycles. The summed E-state index contributed by atoms with van der Waals surface area (Å²) in [6.07, 6.45) is 1.04. The lowest BCUT2D eigenvalue weighted by Crippen LogP contribution is -2.33. The van der Waals surface area contributed by atoms with Crippen molar-refractivity contribution < 1.29 is 4.79 Å². The van der Waals surface area contributed by atoms with E-state index in [9.17, 15) is 4.79 Å². The molecule has 0 heterocycles. The molecule has 0 aliphatic rings. The van der Waals surface area contributed by atoms with E-state index >= 15 is 0 Å². The van der Waals surface area contributed by atoms with Crippen molar-refractivity contribution in [2.45, 2.75) is 34.1 Å². The van der Waals surface area contributed by atoms with Crippen LogP contribution in [0.25, 0.3) is 0 Å². The first kappa shape index (κ1) is 14.2. The van der Waals surface area contributed by atoms with Gasteiger partial charge in [0.1, 0.15) is 0 Å². The summed E-state index contributed by atoms with van der Waals surface area (Å²) < 4.78 is 0.843. The Bertz CT molecular complexity index is 413. The average molecular weight is 298 g/mol. The SMILES string of the molecule is CCC(C)(C)CNC(=O)c1cc(C)ccc1Br. The number of nitrogens with one attached hydrogen (secondary N) is 1. The lowest BCUT2D eigenvalue weighted by atomic mass is 9.90. The quantitative estimate of drug-likeness (QED) is 0.896. The molecule has 1 rings (SSSR count). The van der Waals surface area contributed by atoms with Gasteiger partial charge in [-0.2, -0.15) is 0 Å². The van der Waals surface area contributed by atoms with Crippen LogP contribution in [0.1, 0.15) is 43.1 Å². The molecule has 3 heteroatoms. The van der Waals surface area contributed by atoms with Gasteiger partial charge in [0.2, 0.25) is 0 Å². The minimum atomic E-state index is -0.0119. The summed E-state index contributed by atoms with van der Waals surface area (Å²) in [6, 6.07) is 5.80. The summed E-state index contributed by atoms with van der Waals surface area (Å²) in [5.74, 6) is -0.0119. The van der Waals surface area contributed by atoms with Gasteiger partial charge in [-0.05, 0) is 46.8 Å². The van der Waals surface area contributed by atoms with Crippen molar-refractivity contribution in [2.75, 3.05) is 6.54 Å². The minimum Gasteiger partial charge on any atom is -0.351 e. The molecule has 2 nitrogen and oxygen atoms in total. The Morgan fingerprint density at radius 3 is 2.65 bits per heavy atom. The molecule has 1 N–H and O–H groups in total. The highest BCUT2D eigenvalue weighted by atomic mass is 79.9. The lowest BCUT2D eigenvalue weighted by Gasteiger charge is -2.23. The number of carbonyl (C=O) groups is 1. The van der Waals surface area contributed by atoms with Crippen molar-refractivity contribution in [1.82, 2.24) is 5.32 Å². The van der Waals surface area contributed by atoms with Gasteiger partial charge in [-0.15, -0.1) is 0 Å². The number of hydrogen-bond donors (Lipinski definition) is 1. The predicted octanol–water partition coefficient (Wildman–Crippen LogP) is 3.92. The fourth-order valence-electron chi connectivity index (χ4n) is 1.35. The second-order valence-electron chi connectivity index (χ2n) is 5.18. The Labute approximate surface area is 112 Å². The molecule has 0 saturated heterocycles. The van der Waals surface area contributed by atoms with Gasteiger partial charge in [-0.3, -0.25) is 4.79 Å². The molecule has 0 spiro atoms. The van der Waals surface area contributed by atoms with E-state index in [-0.39, 0.29) is 11.3 Å². The van der Waals surface area contributed by atoms with Crippen LogP contribution in [0, 0.1) is 12.3 Å². The minimum absolute atomic E-state index is 0.0119. The summed E-state index contributed by atoms with van der Waals surface area (Å²) in [4.78, 5) is 12.0. The van der Waals surface area contributed by atoms with Gasteiger partial charge < -0.3 is 5.32 Å². The third kappa shape index (κ3) is 4.15. The highest BCUT2D eigenvalue weighted by Gasteiger charge is 2.17. The monoisotopic (exact) mass is 297 g/mol. The van der Waals surface area contributed by atoms with Crippen LogP contribution in [0.15, 0.2) is 22.7 Å². The smallest absolute Gasteiger partial charge is 0.252 e. The molecule has 1 aromatic carbocycles. The Morgan fingerprint density at radius 1 is 1.41 bits per heavy atom. The zero-order chi connectivity index (χ0) is 13.1. The molecule has 1 aromatic rings. The predicted molar refractivity (Wildman–Crippen MR) is 75.3 cm³/mol. The highest BCUT2D eigenvalue weighted by molar-refractivity contribution is 9.10. The van der Waals surface area contributed by atoms with Crippen molar-refractivity contribution in [3.05, 3.63) is 33.8 Å². The Hall–Kier alpha value is -0.830. The molecule has 1 amide bonds. The van der Waals surface area contributed by atoms with Gasteiger partial charge in [-0.25, -0.2) is 0 Å². The molecular weight excluding hydrogens is 278 g/mol. The van der Waals surface area contributed by atoms with Crippen LogP contribution in [0.4, 0.5) is 0 Å². The summed E-state index contributed by atoms with van der Waals surface area (Å²) in [5, 5.41) is 2.99. The fraction of sp³-hybridized carbons (Fsp3) is 0.500. The second kappa shape index (κ2) is 5.67. The van der Waals surface area contributed by atoms with E-state index in [2.05, 4.69) is 42.0 Å². The van der Waals surface area contributed by atoms with E-state index in [0.29, 0.717) is 12.1 Å². The maximum atomic E-state index is 12.0. The first-order valence-corrected chi connectivity index (χ1v) is 6.69. The zero-order valence-corrected chi connectivity index (χ0v) is 12.5. The van der Waals surface area contributed by atoms with Gasteiger partial charge in [-0.1, -0.05) is 32.4 Å². The highest BCUT2D eigenvalue weighted by Crippen LogP contribution is 2.20. The lowest BCUT2D eigenvalue weighted by molar-refractivity contribution is 0.0935. The maximum absolute atomic E-state index is 12.0. The number of hydrogen-bond acceptors (Lipinski definition) is 1. The van der Waals surface area contributed by atoms with Crippen molar-refractivity contribution in [3.63, 3.8) is 0 Å². The van der Waals surface area contributed by atoms with Crippen LogP contribution < -0.4 is 5.32 Å². The summed E-state index contributed by atoms with van der Waals surface area (Å²) >= 11 is 3.41. The summed E-state index contributed by atoms with van der Waals surface area (Å²) in [7, 11) is 0. The second-order valence-corrected chi connectivity index (χ2v) is 6.04. The molecule has 17 heavy (non-hydrogen) atoms. The Morgan fingerprint density at radius 2 is 2.06 bits per heavy atom. The van der Waals surface area contributed by atoms with Crippen LogP contribution in [0.5, 0.6) is 0 Å². The molecule has 94 valence electrons. The molecule has 0 fully saturated rings. The normalized spacial score (nSPS) is 11.4. The van der Waals surface area contributed by atoms with Crippen LogP contribution in [0.3, 0.4) is 0 Å². The van der Waals surface area contributed by atoms with E-state index in [1.165, 1.54) is 0 Å². The van der Waals surface area contributed by atoms with Crippen molar-refractivity contribution in [3.8, 4) is 0 Å². The van der Waals surface area contributed by atoms with Gasteiger partial charge in [0.25, 0.3) is 5.91 Å². The Kier molecular flexibility index (Phi) is 4.75. The molecule has 0 aliphatic heterocycles. The topological polar surface area (TPSA) is 29.1 Å². The third-order valence-electron chi connectivity index (χ3n) is 3.05. The largest absolute Gasteiger partial charge is 0.351 e. The van der Waals surface area contributed by atoms with Crippen molar-refractivity contribution in [1.29, 1.82) is 0 Å². The van der Waals surface area contributed by atoms with Gasteiger partial charge in [0, 0.05) is 11.0 Å². The van der Waals surface area contributed by atoms with Crippen LogP contribution >= 0.6 is 15.9 Å². The zero-order valence-electron chi connectivity index (χ0n) is 10.9. The molecule has 0 aliphatic carbocycles. The number of amides is 1. The number of benzene rings is 1. The first-order chi connectivity index (χ1) is 7.85. The van der Waals surface area contributed by atoms with E-state index in [0.717, 1.165) is 16.5 Å². The number of rotatable bonds is 4. The van der Waals surface area contributed by atoms with Crippen LogP contribution in [-0.4, -0.2) is 12.5 Å².